The molecule has 14 heteroatoms. The van der Waals surface area contributed by atoms with Crippen LogP contribution in [0.1, 0.15) is 31.8 Å². The summed E-state index contributed by atoms with van der Waals surface area (Å²) in [5.74, 6) is -1.11. The van der Waals surface area contributed by atoms with Crippen LogP contribution in [0.2, 0.25) is 0 Å². The van der Waals surface area contributed by atoms with Crippen LogP contribution in [0.5, 0.6) is 5.75 Å². The van der Waals surface area contributed by atoms with Crippen LogP contribution >= 0.6 is 22.7 Å². The SMILES string of the molecule is CCOC(=O)c1sc2sc(C(=O)c3ccc(O)c4ncccc34)c(N)c2c1N=Nc1c(N)[nH][nH]c1=O. The van der Waals surface area contributed by atoms with Crippen molar-refractivity contribution in [3.8, 4) is 5.75 Å². The van der Waals surface area contributed by atoms with Crippen LogP contribution in [0.3, 0.4) is 0 Å². The molecule has 4 aromatic heterocycles. The maximum atomic E-state index is 13.5. The number of rotatable bonds is 6. The molecule has 36 heavy (non-hydrogen) atoms. The molecule has 0 saturated heterocycles. The van der Waals surface area contributed by atoms with Crippen molar-refractivity contribution < 1.29 is 19.4 Å². The van der Waals surface area contributed by atoms with Crippen molar-refractivity contribution in [1.82, 2.24) is 15.2 Å². The number of H-pyrrole nitrogens is 2. The normalized spacial score (nSPS) is 11.6. The summed E-state index contributed by atoms with van der Waals surface area (Å²) in [7, 11) is 0. The Kier molecular flexibility index (Phi) is 5.74. The van der Waals surface area contributed by atoms with E-state index < -0.39 is 11.5 Å². The van der Waals surface area contributed by atoms with Gasteiger partial charge in [-0.3, -0.25) is 24.8 Å². The first-order valence-electron chi connectivity index (χ1n) is 10.4. The van der Waals surface area contributed by atoms with Gasteiger partial charge in [-0.05, 0) is 25.1 Å². The average molecular weight is 524 g/mol. The number of azo groups is 1. The first-order chi connectivity index (χ1) is 17.3. The molecule has 1 aromatic carbocycles. The van der Waals surface area contributed by atoms with E-state index in [4.69, 9.17) is 16.2 Å². The third-order valence-electron chi connectivity index (χ3n) is 5.25. The van der Waals surface area contributed by atoms with Crippen LogP contribution in [0.4, 0.5) is 22.9 Å². The van der Waals surface area contributed by atoms with Gasteiger partial charge < -0.3 is 21.3 Å². The number of ether oxygens (including phenoxy) is 1. The van der Waals surface area contributed by atoms with E-state index in [0.29, 0.717) is 20.3 Å². The van der Waals surface area contributed by atoms with Crippen LogP contribution in [0.15, 0.2) is 45.5 Å². The molecule has 0 spiro atoms. The Balaban J connectivity index is 1.68. The van der Waals surface area contributed by atoms with E-state index >= 15 is 0 Å². The number of thiophene rings is 2. The summed E-state index contributed by atoms with van der Waals surface area (Å²) in [6.45, 7) is 1.80. The van der Waals surface area contributed by atoms with E-state index in [2.05, 4.69) is 25.4 Å². The number of fused-ring (bicyclic) bond motifs is 2. The molecule has 0 fully saturated rings. The summed E-state index contributed by atoms with van der Waals surface area (Å²) in [5.41, 5.74) is 12.1. The Hall–Kier alpha value is -4.56. The lowest BCUT2D eigenvalue weighted by molar-refractivity contribution is 0.0533. The van der Waals surface area contributed by atoms with Gasteiger partial charge in [-0.25, -0.2) is 4.79 Å². The number of ketones is 1. The molecular weight excluding hydrogens is 506 g/mol. The second-order valence-electron chi connectivity index (χ2n) is 7.41. The first kappa shape index (κ1) is 23.2. The number of aromatic amines is 2. The van der Waals surface area contributed by atoms with Crippen molar-refractivity contribution >= 4 is 77.6 Å². The van der Waals surface area contributed by atoms with Gasteiger partial charge in [0, 0.05) is 17.1 Å². The second-order valence-corrected chi connectivity index (χ2v) is 9.71. The molecule has 0 aliphatic rings. The summed E-state index contributed by atoms with van der Waals surface area (Å²) in [6.07, 6.45) is 1.52. The minimum absolute atomic E-state index is 0.0325. The molecule has 0 amide bonds. The molecule has 12 nitrogen and oxygen atoms in total. The summed E-state index contributed by atoms with van der Waals surface area (Å²) in [4.78, 5) is 42.6. The number of nitrogen functional groups attached to an aromatic ring is 2. The molecule has 4 heterocycles. The molecule has 0 aliphatic carbocycles. The Labute approximate surface area is 209 Å². The number of carbonyl (C=O) groups excluding carboxylic acids is 2. The number of esters is 1. The van der Waals surface area contributed by atoms with Gasteiger partial charge in [0.1, 0.15) is 32.5 Å². The van der Waals surface area contributed by atoms with E-state index in [-0.39, 0.29) is 56.3 Å². The van der Waals surface area contributed by atoms with Gasteiger partial charge >= 0.3 is 5.97 Å². The number of nitrogens with zero attached hydrogens (tertiary/aromatic N) is 3. The zero-order chi connectivity index (χ0) is 25.6. The van der Waals surface area contributed by atoms with Gasteiger partial charge in [0.25, 0.3) is 5.56 Å². The number of aromatic hydroxyl groups is 1. The smallest absolute Gasteiger partial charge is 0.350 e. The van der Waals surface area contributed by atoms with Crippen molar-refractivity contribution in [1.29, 1.82) is 0 Å². The molecule has 0 aliphatic heterocycles. The second kappa shape index (κ2) is 8.90. The van der Waals surface area contributed by atoms with Crippen LogP contribution in [0, 0.1) is 0 Å². The predicted molar refractivity (Wildman–Crippen MR) is 137 cm³/mol. The number of aromatic nitrogens is 3. The molecule has 0 atom stereocenters. The van der Waals surface area contributed by atoms with Crippen molar-refractivity contribution in [2.24, 2.45) is 10.2 Å². The van der Waals surface area contributed by atoms with Crippen LogP contribution in [-0.2, 0) is 4.74 Å². The van der Waals surface area contributed by atoms with E-state index in [0.717, 1.165) is 22.7 Å². The third-order valence-corrected chi connectivity index (χ3v) is 7.70. The number of hydrogen-bond acceptors (Lipinski definition) is 12. The monoisotopic (exact) mass is 523 g/mol. The Morgan fingerprint density at radius 3 is 2.58 bits per heavy atom. The van der Waals surface area contributed by atoms with E-state index in [1.54, 1.807) is 19.1 Å². The van der Waals surface area contributed by atoms with Gasteiger partial charge in [-0.1, -0.05) is 6.07 Å². The Bertz CT molecular complexity index is 1760. The Morgan fingerprint density at radius 2 is 1.86 bits per heavy atom. The van der Waals surface area contributed by atoms with E-state index in [9.17, 15) is 19.5 Å². The maximum Gasteiger partial charge on any atom is 0.350 e. The zero-order valence-electron chi connectivity index (χ0n) is 18.5. The topological polar surface area (TPSA) is 202 Å². The quantitative estimate of drug-likeness (QED) is 0.124. The number of hydrogen-bond donors (Lipinski definition) is 5. The minimum atomic E-state index is -0.640. The Morgan fingerprint density at radius 1 is 1.11 bits per heavy atom. The van der Waals surface area contributed by atoms with Crippen molar-refractivity contribution in [3.05, 3.63) is 56.1 Å². The number of phenols is 1. The van der Waals surface area contributed by atoms with Crippen LogP contribution in [0.25, 0.3) is 20.3 Å². The number of pyridine rings is 1. The molecule has 7 N–H and O–H groups in total. The zero-order valence-corrected chi connectivity index (χ0v) is 20.1. The molecule has 0 bridgehead atoms. The van der Waals surface area contributed by atoms with Gasteiger partial charge in [-0.2, -0.15) is 0 Å². The molecular formula is C22H17N7O5S2. The number of benzene rings is 1. The van der Waals surface area contributed by atoms with Crippen molar-refractivity contribution in [3.63, 3.8) is 0 Å². The third kappa shape index (κ3) is 3.68. The standard InChI is InChI=1S/C22H17N7O5S2/c1-2-34-21(33)18-14(26-27-15-19(24)28-29-20(15)32)11-12(23)17(35-22(11)36-18)16(31)9-5-6-10(30)13-8(9)4-3-7-25-13/h3-7,30H,2,23H2,1H3,(H4,24,28,29,32). The van der Waals surface area contributed by atoms with Crippen molar-refractivity contribution in [2.75, 3.05) is 18.1 Å². The molecule has 5 rings (SSSR count). The van der Waals surface area contributed by atoms with Gasteiger partial charge in [0.2, 0.25) is 5.78 Å². The summed E-state index contributed by atoms with van der Waals surface area (Å²) in [5, 5.41) is 23.7. The van der Waals surface area contributed by atoms with Crippen molar-refractivity contribution in [2.45, 2.75) is 6.92 Å². The number of phenolic OH excluding ortho intramolecular Hbond substituents is 1. The lowest BCUT2D eigenvalue weighted by Crippen LogP contribution is -2.04. The number of nitrogens with one attached hydrogen (secondary N) is 2. The average Bonchev–Trinajstić information content (AvgIpc) is 3.50. The maximum absolute atomic E-state index is 13.5. The molecule has 0 saturated carbocycles. The number of nitrogens with two attached hydrogens (primary N) is 2. The highest BCUT2D eigenvalue weighted by molar-refractivity contribution is 7.40. The summed E-state index contributed by atoms with van der Waals surface area (Å²) in [6, 6.07) is 6.23. The lowest BCUT2D eigenvalue weighted by atomic mass is 10.0. The highest BCUT2D eigenvalue weighted by Gasteiger charge is 2.28. The summed E-state index contributed by atoms with van der Waals surface area (Å²) < 4.78 is 5.68. The van der Waals surface area contributed by atoms with Gasteiger partial charge in [0.15, 0.2) is 5.69 Å². The largest absolute Gasteiger partial charge is 0.506 e. The summed E-state index contributed by atoms with van der Waals surface area (Å²) >= 11 is 2.14. The number of carbonyl (C=O) groups is 2. The lowest BCUT2D eigenvalue weighted by Gasteiger charge is -2.06. The van der Waals surface area contributed by atoms with E-state index in [1.165, 1.54) is 18.3 Å². The molecule has 182 valence electrons. The minimum Gasteiger partial charge on any atom is -0.506 e. The van der Waals surface area contributed by atoms with Crippen LogP contribution in [-0.4, -0.2) is 38.6 Å². The van der Waals surface area contributed by atoms with Crippen LogP contribution < -0.4 is 17.0 Å². The predicted octanol–water partition coefficient (Wildman–Crippen LogP) is 4.22. The number of anilines is 2. The van der Waals surface area contributed by atoms with Gasteiger partial charge in [-0.15, -0.1) is 32.9 Å². The highest BCUT2D eigenvalue weighted by atomic mass is 32.2. The fraction of sp³-hybridized carbons (Fsp3) is 0.0909. The highest BCUT2D eigenvalue weighted by Crippen LogP contribution is 2.49. The fourth-order valence-electron chi connectivity index (χ4n) is 3.61. The first-order valence-corrected chi connectivity index (χ1v) is 12.1. The van der Waals surface area contributed by atoms with E-state index in [1.807, 2.05) is 0 Å². The fourth-order valence-corrected chi connectivity index (χ4v) is 6.07. The van der Waals surface area contributed by atoms with Gasteiger partial charge in [0.05, 0.1) is 21.7 Å². The molecule has 5 aromatic rings. The molecule has 0 radical (unpaired) electrons. The molecule has 0 unspecified atom stereocenters.